The molecule has 0 aliphatic heterocycles. The summed E-state index contributed by atoms with van der Waals surface area (Å²) in [5.74, 6) is -0.508. The van der Waals surface area contributed by atoms with Gasteiger partial charge in [0.05, 0.1) is 17.7 Å². The summed E-state index contributed by atoms with van der Waals surface area (Å²) in [6.07, 6.45) is 1.72. The van der Waals surface area contributed by atoms with Gasteiger partial charge in [0.15, 0.2) is 0 Å². The molecule has 7 heteroatoms. The molecule has 0 spiro atoms. The second kappa shape index (κ2) is 9.87. The molecule has 0 aliphatic carbocycles. The van der Waals surface area contributed by atoms with Crippen LogP contribution in [0.3, 0.4) is 0 Å². The molecule has 5 nitrogen and oxygen atoms in total. The first-order chi connectivity index (χ1) is 14.0. The van der Waals surface area contributed by atoms with Gasteiger partial charge < -0.3 is 5.32 Å². The molecule has 3 aromatic rings. The molecular formula is C22H17Cl2N3O2. The van der Waals surface area contributed by atoms with Gasteiger partial charge in [0.2, 0.25) is 5.91 Å². The number of nitrogens with one attached hydrogen (secondary N) is 2. The van der Waals surface area contributed by atoms with Gasteiger partial charge >= 0.3 is 0 Å². The first kappa shape index (κ1) is 20.6. The Labute approximate surface area is 178 Å². The summed E-state index contributed by atoms with van der Waals surface area (Å²) >= 11 is 11.9. The van der Waals surface area contributed by atoms with Crippen molar-refractivity contribution >= 4 is 46.9 Å². The van der Waals surface area contributed by atoms with Gasteiger partial charge in [-0.3, -0.25) is 9.59 Å². The highest BCUT2D eigenvalue weighted by Crippen LogP contribution is 2.19. The van der Waals surface area contributed by atoms with E-state index >= 15 is 0 Å². The van der Waals surface area contributed by atoms with Gasteiger partial charge in [0, 0.05) is 21.8 Å². The summed E-state index contributed by atoms with van der Waals surface area (Å²) in [5.41, 5.74) is 5.01. The number of hydrogen-bond donors (Lipinski definition) is 2. The van der Waals surface area contributed by atoms with Crippen molar-refractivity contribution in [2.24, 2.45) is 5.10 Å². The van der Waals surface area contributed by atoms with Crippen molar-refractivity contribution in [1.82, 2.24) is 5.43 Å². The van der Waals surface area contributed by atoms with Crippen LogP contribution in [0.25, 0.3) is 0 Å². The fraction of sp³-hybridized carbons (Fsp3) is 0.0455. The monoisotopic (exact) mass is 425 g/mol. The highest BCUT2D eigenvalue weighted by molar-refractivity contribution is 6.36. The van der Waals surface area contributed by atoms with Crippen LogP contribution in [-0.2, 0) is 11.2 Å². The second-order valence-electron chi connectivity index (χ2n) is 6.15. The summed E-state index contributed by atoms with van der Waals surface area (Å²) in [7, 11) is 0. The van der Waals surface area contributed by atoms with E-state index in [0.29, 0.717) is 26.9 Å². The molecule has 0 saturated carbocycles. The minimum absolute atomic E-state index is 0.127. The SMILES string of the molecule is O=C(Cc1ccccc1)Nc1ccc(C(=O)N/N=C\c2ccc(Cl)cc2Cl)cc1. The number of hydrogen-bond acceptors (Lipinski definition) is 3. The van der Waals surface area contributed by atoms with E-state index in [1.165, 1.54) is 6.21 Å². The van der Waals surface area contributed by atoms with Gasteiger partial charge in [0.25, 0.3) is 5.91 Å². The van der Waals surface area contributed by atoms with Crippen LogP contribution in [0.2, 0.25) is 10.0 Å². The van der Waals surface area contributed by atoms with Crippen LogP contribution in [-0.4, -0.2) is 18.0 Å². The van der Waals surface area contributed by atoms with E-state index in [-0.39, 0.29) is 18.2 Å². The molecule has 0 heterocycles. The van der Waals surface area contributed by atoms with Gasteiger partial charge in [-0.15, -0.1) is 0 Å². The Kier molecular flexibility index (Phi) is 7.00. The van der Waals surface area contributed by atoms with Crippen molar-refractivity contribution in [2.75, 3.05) is 5.32 Å². The first-order valence-electron chi connectivity index (χ1n) is 8.73. The average Bonchev–Trinajstić information content (AvgIpc) is 2.71. The Morgan fingerprint density at radius 1 is 0.931 bits per heavy atom. The lowest BCUT2D eigenvalue weighted by atomic mass is 10.1. The van der Waals surface area contributed by atoms with Gasteiger partial charge in [-0.25, -0.2) is 5.43 Å². The van der Waals surface area contributed by atoms with Crippen LogP contribution in [0, 0.1) is 0 Å². The van der Waals surface area contributed by atoms with Crippen molar-refractivity contribution in [1.29, 1.82) is 0 Å². The van der Waals surface area contributed by atoms with E-state index in [9.17, 15) is 9.59 Å². The van der Waals surface area contributed by atoms with Crippen molar-refractivity contribution < 1.29 is 9.59 Å². The average molecular weight is 426 g/mol. The lowest BCUT2D eigenvalue weighted by molar-refractivity contribution is -0.115. The molecule has 0 unspecified atom stereocenters. The van der Waals surface area contributed by atoms with Crippen molar-refractivity contribution in [3.05, 3.63) is 99.5 Å². The van der Waals surface area contributed by atoms with Crippen LogP contribution in [0.5, 0.6) is 0 Å². The Morgan fingerprint density at radius 2 is 1.66 bits per heavy atom. The lowest BCUT2D eigenvalue weighted by Gasteiger charge is -2.06. The number of benzene rings is 3. The molecule has 0 saturated heterocycles. The molecule has 3 rings (SSSR count). The minimum atomic E-state index is -0.381. The maximum atomic E-state index is 12.2. The molecule has 2 N–H and O–H groups in total. The molecule has 29 heavy (non-hydrogen) atoms. The Bertz CT molecular complexity index is 1040. The van der Waals surface area contributed by atoms with E-state index in [1.54, 1.807) is 42.5 Å². The fourth-order valence-corrected chi connectivity index (χ4v) is 2.98. The largest absolute Gasteiger partial charge is 0.326 e. The maximum absolute atomic E-state index is 12.2. The molecule has 0 fully saturated rings. The predicted molar refractivity (Wildman–Crippen MR) is 117 cm³/mol. The molecule has 0 bridgehead atoms. The number of rotatable bonds is 6. The van der Waals surface area contributed by atoms with Crippen LogP contribution in [0.4, 0.5) is 5.69 Å². The van der Waals surface area contributed by atoms with Crippen molar-refractivity contribution in [3.8, 4) is 0 Å². The molecular weight excluding hydrogens is 409 g/mol. The zero-order chi connectivity index (χ0) is 20.6. The standard InChI is InChI=1S/C22H17Cl2N3O2/c23-18-9-6-17(20(24)13-18)14-25-27-22(29)16-7-10-19(11-8-16)26-21(28)12-15-4-2-1-3-5-15/h1-11,13-14H,12H2,(H,26,28)(H,27,29)/b25-14-. The molecule has 2 amide bonds. The van der Waals surface area contributed by atoms with E-state index in [2.05, 4.69) is 15.8 Å². The highest BCUT2D eigenvalue weighted by Gasteiger charge is 2.07. The van der Waals surface area contributed by atoms with E-state index in [1.807, 2.05) is 30.3 Å². The Morgan fingerprint density at radius 3 is 2.34 bits per heavy atom. The van der Waals surface area contributed by atoms with Crippen LogP contribution in [0.15, 0.2) is 77.9 Å². The number of carbonyl (C=O) groups is 2. The Hall–Kier alpha value is -3.15. The topological polar surface area (TPSA) is 70.6 Å². The van der Waals surface area contributed by atoms with Gasteiger partial charge in [-0.1, -0.05) is 59.6 Å². The third-order valence-corrected chi connectivity index (χ3v) is 4.53. The number of nitrogens with zero attached hydrogens (tertiary/aromatic N) is 1. The molecule has 0 aromatic heterocycles. The summed E-state index contributed by atoms with van der Waals surface area (Å²) in [6, 6.07) is 21.0. The molecule has 146 valence electrons. The zero-order valence-corrected chi connectivity index (χ0v) is 16.7. The maximum Gasteiger partial charge on any atom is 0.271 e. The van der Waals surface area contributed by atoms with E-state index < -0.39 is 0 Å². The number of anilines is 1. The third-order valence-electron chi connectivity index (χ3n) is 3.97. The number of carbonyl (C=O) groups excluding carboxylic acids is 2. The van der Waals surface area contributed by atoms with Crippen molar-refractivity contribution in [3.63, 3.8) is 0 Å². The number of hydrazone groups is 1. The minimum Gasteiger partial charge on any atom is -0.326 e. The van der Waals surface area contributed by atoms with Crippen LogP contribution < -0.4 is 10.7 Å². The van der Waals surface area contributed by atoms with Gasteiger partial charge in [-0.2, -0.15) is 5.10 Å². The van der Waals surface area contributed by atoms with Crippen molar-refractivity contribution in [2.45, 2.75) is 6.42 Å². The third kappa shape index (κ3) is 6.17. The van der Waals surface area contributed by atoms with E-state index in [0.717, 1.165) is 5.56 Å². The van der Waals surface area contributed by atoms with Gasteiger partial charge in [-0.05, 0) is 42.0 Å². The molecule has 3 aromatic carbocycles. The molecule has 0 atom stereocenters. The number of amides is 2. The van der Waals surface area contributed by atoms with E-state index in [4.69, 9.17) is 23.2 Å². The molecule has 0 aliphatic rings. The summed E-state index contributed by atoms with van der Waals surface area (Å²) < 4.78 is 0. The van der Waals surface area contributed by atoms with Gasteiger partial charge in [0.1, 0.15) is 0 Å². The fourth-order valence-electron chi connectivity index (χ4n) is 2.52. The first-order valence-corrected chi connectivity index (χ1v) is 9.49. The van der Waals surface area contributed by atoms with Crippen LogP contribution >= 0.6 is 23.2 Å². The highest BCUT2D eigenvalue weighted by atomic mass is 35.5. The smallest absolute Gasteiger partial charge is 0.271 e. The normalized spacial score (nSPS) is 10.7. The summed E-state index contributed by atoms with van der Waals surface area (Å²) in [5, 5.41) is 7.67. The second-order valence-corrected chi connectivity index (χ2v) is 7.00. The summed E-state index contributed by atoms with van der Waals surface area (Å²) in [6.45, 7) is 0. The quantitative estimate of drug-likeness (QED) is 0.433. The summed E-state index contributed by atoms with van der Waals surface area (Å²) in [4.78, 5) is 24.3. The Balaban J connectivity index is 1.54. The zero-order valence-electron chi connectivity index (χ0n) is 15.2. The lowest BCUT2D eigenvalue weighted by Crippen LogP contribution is -2.18. The number of halogens is 2. The molecule has 0 radical (unpaired) electrons. The van der Waals surface area contributed by atoms with Crippen LogP contribution in [0.1, 0.15) is 21.5 Å². The predicted octanol–water partition coefficient (Wildman–Crippen LogP) is 4.94.